The number of carbonyl (C=O) groups is 2. The maximum absolute atomic E-state index is 11.9. The molecule has 1 heterocycles. The molecule has 2 aromatic rings. The van der Waals surface area contributed by atoms with E-state index < -0.39 is 0 Å². The highest BCUT2D eigenvalue weighted by atomic mass is 16.5. The third-order valence-electron chi connectivity index (χ3n) is 3.11. The predicted octanol–water partition coefficient (Wildman–Crippen LogP) is 2.67. The number of anilines is 2. The van der Waals surface area contributed by atoms with Crippen molar-refractivity contribution in [3.8, 4) is 5.75 Å². The predicted molar refractivity (Wildman–Crippen MR) is 84.7 cm³/mol. The smallest absolute Gasteiger partial charge is 0.262 e. The minimum absolute atomic E-state index is 0.0124. The summed E-state index contributed by atoms with van der Waals surface area (Å²) in [5.41, 5.74) is 2.09. The van der Waals surface area contributed by atoms with Gasteiger partial charge in [-0.25, -0.2) is 0 Å². The summed E-state index contributed by atoms with van der Waals surface area (Å²) < 4.78 is 5.26. The molecule has 2 N–H and O–H groups in total. The van der Waals surface area contributed by atoms with E-state index in [-0.39, 0.29) is 18.4 Å². The topological polar surface area (TPSA) is 67.4 Å². The van der Waals surface area contributed by atoms with Crippen molar-refractivity contribution in [1.29, 1.82) is 0 Å². The lowest BCUT2D eigenvalue weighted by molar-refractivity contribution is -0.118. The van der Waals surface area contributed by atoms with E-state index in [2.05, 4.69) is 10.6 Å². The molecule has 1 aliphatic heterocycles. The quantitative estimate of drug-likeness (QED) is 0.855. The van der Waals surface area contributed by atoms with E-state index in [0.717, 1.165) is 5.56 Å². The van der Waals surface area contributed by atoms with Crippen molar-refractivity contribution >= 4 is 29.3 Å². The van der Waals surface area contributed by atoms with Gasteiger partial charge in [0.25, 0.3) is 5.91 Å². The molecule has 2 amide bonds. The minimum atomic E-state index is -0.244. The van der Waals surface area contributed by atoms with E-state index in [1.54, 1.807) is 24.3 Å². The molecule has 0 spiro atoms. The summed E-state index contributed by atoms with van der Waals surface area (Å²) in [5.74, 6) is 0.143. The van der Waals surface area contributed by atoms with Gasteiger partial charge in [0.05, 0.1) is 5.69 Å². The summed E-state index contributed by atoms with van der Waals surface area (Å²) in [5, 5.41) is 5.44. The number of carbonyl (C=O) groups excluding carboxylic acids is 2. The standard InChI is InChI=1S/C17H14N2O3/c20-16(9-6-12-4-2-1-3-5-12)18-13-7-8-15-14(10-13)19-17(21)11-22-15/h1-10H,11H2,(H,18,20)(H,19,21). The summed E-state index contributed by atoms with van der Waals surface area (Å²) in [4.78, 5) is 23.2. The Balaban J connectivity index is 1.68. The number of fused-ring (bicyclic) bond motifs is 1. The Labute approximate surface area is 127 Å². The zero-order valence-corrected chi connectivity index (χ0v) is 11.7. The summed E-state index contributed by atoms with van der Waals surface area (Å²) in [7, 11) is 0. The van der Waals surface area contributed by atoms with Crippen LogP contribution in [0.3, 0.4) is 0 Å². The molecule has 110 valence electrons. The van der Waals surface area contributed by atoms with Crippen molar-refractivity contribution in [2.45, 2.75) is 0 Å². The third-order valence-corrected chi connectivity index (χ3v) is 3.11. The molecule has 5 heteroatoms. The van der Waals surface area contributed by atoms with Crippen molar-refractivity contribution in [1.82, 2.24) is 0 Å². The van der Waals surface area contributed by atoms with Gasteiger partial charge >= 0.3 is 0 Å². The molecule has 22 heavy (non-hydrogen) atoms. The second kappa shape index (κ2) is 6.13. The van der Waals surface area contributed by atoms with E-state index in [4.69, 9.17) is 4.74 Å². The van der Waals surface area contributed by atoms with Crippen LogP contribution < -0.4 is 15.4 Å². The average Bonchev–Trinajstić information content (AvgIpc) is 2.53. The Bertz CT molecular complexity index is 739. The third kappa shape index (κ3) is 3.32. The Morgan fingerprint density at radius 3 is 2.82 bits per heavy atom. The Kier molecular flexibility index (Phi) is 3.87. The van der Waals surface area contributed by atoms with Crippen LogP contribution in [0.4, 0.5) is 11.4 Å². The Morgan fingerprint density at radius 1 is 1.18 bits per heavy atom. The molecule has 5 nitrogen and oxygen atoms in total. The fourth-order valence-corrected chi connectivity index (χ4v) is 2.08. The molecular weight excluding hydrogens is 280 g/mol. The van der Waals surface area contributed by atoms with E-state index >= 15 is 0 Å². The fourth-order valence-electron chi connectivity index (χ4n) is 2.08. The zero-order valence-electron chi connectivity index (χ0n) is 11.7. The minimum Gasteiger partial charge on any atom is -0.482 e. The molecule has 0 unspecified atom stereocenters. The molecule has 3 rings (SSSR count). The molecular formula is C17H14N2O3. The Morgan fingerprint density at radius 2 is 2.00 bits per heavy atom. The van der Waals surface area contributed by atoms with Gasteiger partial charge in [0.15, 0.2) is 6.61 Å². The number of rotatable bonds is 3. The van der Waals surface area contributed by atoms with Gasteiger partial charge < -0.3 is 15.4 Å². The maximum atomic E-state index is 11.9. The van der Waals surface area contributed by atoms with Crippen molar-refractivity contribution in [2.24, 2.45) is 0 Å². The van der Waals surface area contributed by atoms with Crippen molar-refractivity contribution < 1.29 is 14.3 Å². The fraction of sp³-hybridized carbons (Fsp3) is 0.0588. The lowest BCUT2D eigenvalue weighted by Gasteiger charge is -2.18. The summed E-state index contributed by atoms with van der Waals surface area (Å²) in [6.45, 7) is 0.0124. The highest BCUT2D eigenvalue weighted by molar-refractivity contribution is 6.03. The van der Waals surface area contributed by atoms with Crippen molar-refractivity contribution in [3.63, 3.8) is 0 Å². The van der Waals surface area contributed by atoms with Crippen molar-refractivity contribution in [2.75, 3.05) is 17.2 Å². The van der Waals surface area contributed by atoms with Crippen LogP contribution in [0.1, 0.15) is 5.56 Å². The second-order valence-electron chi connectivity index (χ2n) is 4.78. The van der Waals surface area contributed by atoms with Crippen LogP contribution in [0.2, 0.25) is 0 Å². The van der Waals surface area contributed by atoms with Crippen LogP contribution in [0.25, 0.3) is 6.08 Å². The number of hydrogen-bond donors (Lipinski definition) is 2. The van der Waals surface area contributed by atoms with Gasteiger partial charge in [-0.3, -0.25) is 9.59 Å². The Hall–Kier alpha value is -3.08. The summed E-state index contributed by atoms with van der Waals surface area (Å²) >= 11 is 0. The molecule has 2 aromatic carbocycles. The highest BCUT2D eigenvalue weighted by Gasteiger charge is 2.16. The van der Waals surface area contributed by atoms with Gasteiger partial charge in [-0.1, -0.05) is 30.3 Å². The van der Waals surface area contributed by atoms with Gasteiger partial charge in [-0.2, -0.15) is 0 Å². The van der Waals surface area contributed by atoms with Crippen molar-refractivity contribution in [3.05, 3.63) is 60.2 Å². The number of hydrogen-bond acceptors (Lipinski definition) is 3. The maximum Gasteiger partial charge on any atom is 0.262 e. The zero-order chi connectivity index (χ0) is 15.4. The normalized spacial score (nSPS) is 13.2. The number of benzene rings is 2. The average molecular weight is 294 g/mol. The van der Waals surface area contributed by atoms with Gasteiger partial charge in [-0.15, -0.1) is 0 Å². The summed E-state index contributed by atoms with van der Waals surface area (Å²) in [6.07, 6.45) is 3.20. The van der Waals surface area contributed by atoms with E-state index in [0.29, 0.717) is 17.1 Å². The molecule has 0 saturated carbocycles. The summed E-state index contributed by atoms with van der Waals surface area (Å²) in [6, 6.07) is 14.7. The second-order valence-corrected chi connectivity index (χ2v) is 4.78. The largest absolute Gasteiger partial charge is 0.482 e. The van der Waals surface area contributed by atoms with Crippen LogP contribution in [-0.4, -0.2) is 18.4 Å². The molecule has 0 aromatic heterocycles. The van der Waals surface area contributed by atoms with Gasteiger partial charge in [0.1, 0.15) is 5.75 Å². The van der Waals surface area contributed by atoms with Crippen LogP contribution in [0, 0.1) is 0 Å². The molecule has 0 fully saturated rings. The number of ether oxygens (including phenoxy) is 1. The van der Waals surface area contributed by atoms with Crippen LogP contribution in [0.5, 0.6) is 5.75 Å². The highest BCUT2D eigenvalue weighted by Crippen LogP contribution is 2.30. The molecule has 0 radical (unpaired) electrons. The first kappa shape index (κ1) is 13.9. The van der Waals surface area contributed by atoms with Gasteiger partial charge in [0.2, 0.25) is 5.91 Å². The number of nitrogens with one attached hydrogen (secondary N) is 2. The molecule has 0 saturated heterocycles. The van der Waals surface area contributed by atoms with Gasteiger partial charge in [0, 0.05) is 11.8 Å². The molecule has 0 aliphatic carbocycles. The van der Waals surface area contributed by atoms with E-state index in [1.807, 2.05) is 30.3 Å². The van der Waals surface area contributed by atoms with E-state index in [1.165, 1.54) is 6.08 Å². The van der Waals surface area contributed by atoms with E-state index in [9.17, 15) is 9.59 Å². The monoisotopic (exact) mass is 294 g/mol. The molecule has 0 bridgehead atoms. The SMILES string of the molecule is O=C(C=Cc1ccccc1)Nc1ccc2c(c1)NC(=O)CO2. The first-order valence-corrected chi connectivity index (χ1v) is 6.81. The van der Waals surface area contributed by atoms with Crippen LogP contribution in [-0.2, 0) is 9.59 Å². The first-order chi connectivity index (χ1) is 10.7. The molecule has 1 aliphatic rings. The first-order valence-electron chi connectivity index (χ1n) is 6.81. The lowest BCUT2D eigenvalue weighted by atomic mass is 10.2. The number of amides is 2. The van der Waals surface area contributed by atoms with Crippen LogP contribution in [0.15, 0.2) is 54.6 Å². The molecule has 0 atom stereocenters. The van der Waals surface area contributed by atoms with Crippen LogP contribution >= 0.6 is 0 Å². The van der Waals surface area contributed by atoms with Gasteiger partial charge in [-0.05, 0) is 29.8 Å². The lowest BCUT2D eigenvalue weighted by Crippen LogP contribution is -2.25.